The number of H-pyrrole nitrogens is 1. The number of morpholine rings is 1. The normalized spacial score (nSPS) is 18.2. The third-order valence-corrected chi connectivity index (χ3v) is 8.40. The molecular formula is C32H39F3N8O4. The first-order chi connectivity index (χ1) is 22.2. The number of likely N-dealkylation sites (tertiary alicyclic amines) is 1. The van der Waals surface area contributed by atoms with Gasteiger partial charge in [0.2, 0.25) is 5.88 Å². The standard InChI is InChI=1S/C32H39F3N8O4/c1-18-17-46-14-13-42(18)24-16-23(37-29(38-24)22-15-25(45-6)39-28-21(22)7-10-36-28)26-19(2)40-43(27(26)32(33,34)35)20-8-11-41(12-9-20)30(44)47-31(3,4)5/h7,10,15-16,18,20H,8-9,11-14,17H2,1-6H3,(H,36,39)/t18-/m1/s1. The fraction of sp³-hybridized carbons (Fsp3) is 0.531. The molecule has 0 unspecified atom stereocenters. The van der Waals surface area contributed by atoms with E-state index in [0.717, 1.165) is 4.68 Å². The maximum Gasteiger partial charge on any atom is 0.433 e. The van der Waals surface area contributed by atoms with Crippen LogP contribution in [0, 0.1) is 6.92 Å². The number of aryl methyl sites for hydroxylation is 1. The predicted octanol–water partition coefficient (Wildman–Crippen LogP) is 6.02. The Morgan fingerprint density at radius 2 is 1.83 bits per heavy atom. The number of methoxy groups -OCH3 is 1. The number of piperidine rings is 1. The van der Waals surface area contributed by atoms with E-state index in [4.69, 9.17) is 24.2 Å². The number of rotatable bonds is 5. The summed E-state index contributed by atoms with van der Waals surface area (Å²) in [5.41, 5.74) is -0.271. The summed E-state index contributed by atoms with van der Waals surface area (Å²) in [5, 5.41) is 5.17. The second-order valence-electron chi connectivity index (χ2n) is 13.0. The van der Waals surface area contributed by atoms with Crippen LogP contribution < -0.4 is 9.64 Å². The van der Waals surface area contributed by atoms with Gasteiger partial charge in [-0.25, -0.2) is 14.8 Å². The number of nitrogens with zero attached hydrogens (tertiary/aromatic N) is 7. The van der Waals surface area contributed by atoms with Crippen molar-refractivity contribution in [3.05, 3.63) is 35.8 Å². The highest BCUT2D eigenvalue weighted by atomic mass is 19.4. The lowest BCUT2D eigenvalue weighted by Gasteiger charge is -2.34. The van der Waals surface area contributed by atoms with Crippen LogP contribution in [0.2, 0.25) is 0 Å². The van der Waals surface area contributed by atoms with Crippen LogP contribution >= 0.6 is 0 Å². The van der Waals surface area contributed by atoms with Crippen LogP contribution in [0.25, 0.3) is 33.7 Å². The predicted molar refractivity (Wildman–Crippen MR) is 168 cm³/mol. The molecule has 4 aromatic heterocycles. The van der Waals surface area contributed by atoms with Crippen LogP contribution in [-0.4, -0.2) is 92.3 Å². The number of fused-ring (bicyclic) bond motifs is 1. The van der Waals surface area contributed by atoms with Gasteiger partial charge < -0.3 is 29.0 Å². The third kappa shape index (κ3) is 6.58. The monoisotopic (exact) mass is 656 g/mol. The van der Waals surface area contributed by atoms with Crippen molar-refractivity contribution in [2.75, 3.05) is 44.9 Å². The van der Waals surface area contributed by atoms with E-state index in [9.17, 15) is 4.79 Å². The van der Waals surface area contributed by atoms with Gasteiger partial charge in [-0.05, 0) is 53.5 Å². The second-order valence-corrected chi connectivity index (χ2v) is 13.0. The van der Waals surface area contributed by atoms with Gasteiger partial charge in [-0.15, -0.1) is 0 Å². The molecule has 0 saturated carbocycles. The zero-order chi connectivity index (χ0) is 33.7. The first-order valence-corrected chi connectivity index (χ1v) is 15.6. The Balaban J connectivity index is 1.46. The van der Waals surface area contributed by atoms with E-state index in [1.807, 2.05) is 17.9 Å². The molecule has 0 radical (unpaired) electrons. The Kier molecular flexibility index (Phi) is 8.53. The molecule has 12 nitrogen and oxygen atoms in total. The first-order valence-electron chi connectivity index (χ1n) is 15.6. The smallest absolute Gasteiger partial charge is 0.433 e. The summed E-state index contributed by atoms with van der Waals surface area (Å²) in [6, 6.07) is 4.45. The van der Waals surface area contributed by atoms with Gasteiger partial charge in [-0.1, -0.05) is 0 Å². The Hall–Kier alpha value is -4.40. The number of pyridine rings is 1. The molecule has 0 bridgehead atoms. The highest BCUT2D eigenvalue weighted by molar-refractivity contribution is 5.92. The zero-order valence-electron chi connectivity index (χ0n) is 27.3. The number of hydrogen-bond donors (Lipinski definition) is 1. The van der Waals surface area contributed by atoms with E-state index >= 15 is 13.2 Å². The first kappa shape index (κ1) is 32.5. The number of amides is 1. The highest BCUT2D eigenvalue weighted by Crippen LogP contribution is 2.43. The third-order valence-electron chi connectivity index (χ3n) is 8.40. The lowest BCUT2D eigenvalue weighted by Crippen LogP contribution is -2.44. The van der Waals surface area contributed by atoms with Crippen molar-refractivity contribution >= 4 is 22.9 Å². The number of aromatic nitrogens is 6. The van der Waals surface area contributed by atoms with Gasteiger partial charge in [0.1, 0.15) is 17.1 Å². The summed E-state index contributed by atoms with van der Waals surface area (Å²) in [7, 11) is 1.49. The van der Waals surface area contributed by atoms with E-state index in [0.29, 0.717) is 48.1 Å². The van der Waals surface area contributed by atoms with E-state index in [1.54, 1.807) is 46.0 Å². The Labute approximate surface area is 270 Å². The van der Waals surface area contributed by atoms with Crippen molar-refractivity contribution in [3.8, 4) is 28.5 Å². The maximum atomic E-state index is 15.1. The van der Waals surface area contributed by atoms with Crippen LogP contribution in [0.15, 0.2) is 24.4 Å². The molecule has 2 fully saturated rings. The molecule has 0 aromatic carbocycles. The van der Waals surface area contributed by atoms with E-state index in [1.165, 1.54) is 12.0 Å². The molecular weight excluding hydrogens is 617 g/mol. The van der Waals surface area contributed by atoms with Crippen molar-refractivity contribution in [3.63, 3.8) is 0 Å². The molecule has 2 aliphatic rings. The van der Waals surface area contributed by atoms with Crippen LogP contribution in [0.1, 0.15) is 58.0 Å². The largest absolute Gasteiger partial charge is 0.481 e. The van der Waals surface area contributed by atoms with Gasteiger partial charge in [0.05, 0.1) is 49.4 Å². The molecule has 4 aromatic rings. The molecule has 0 spiro atoms. The molecule has 1 amide bonds. The second kappa shape index (κ2) is 12.3. The van der Waals surface area contributed by atoms with Gasteiger partial charge in [-0.2, -0.15) is 23.3 Å². The molecule has 6 heterocycles. The van der Waals surface area contributed by atoms with Crippen molar-refractivity contribution in [2.45, 2.75) is 71.3 Å². The Morgan fingerprint density at radius 3 is 2.49 bits per heavy atom. The van der Waals surface area contributed by atoms with E-state index in [-0.39, 0.29) is 54.7 Å². The lowest BCUT2D eigenvalue weighted by atomic mass is 10.0. The fourth-order valence-corrected chi connectivity index (χ4v) is 6.21. The molecule has 6 rings (SSSR count). The highest BCUT2D eigenvalue weighted by Gasteiger charge is 2.43. The summed E-state index contributed by atoms with van der Waals surface area (Å²) in [6.07, 6.45) is -2.93. The SMILES string of the molecule is COc1cc(-c2nc(-c3c(C)nn(C4CCN(C(=O)OC(C)(C)C)CC4)c3C(F)(F)F)cc(N3CCOC[C@H]3C)n2)c2cc[nH]c2n1. The molecule has 1 atom stereocenters. The number of anilines is 1. The molecule has 0 aliphatic carbocycles. The van der Waals surface area contributed by atoms with E-state index < -0.39 is 29.6 Å². The van der Waals surface area contributed by atoms with E-state index in [2.05, 4.69) is 15.1 Å². The number of alkyl halides is 3. The molecule has 2 aliphatic heterocycles. The van der Waals surface area contributed by atoms with Gasteiger partial charge in [0.25, 0.3) is 0 Å². The number of carbonyl (C=O) groups excluding carboxylic acids is 1. The number of hydrogen-bond acceptors (Lipinski definition) is 9. The number of aromatic amines is 1. The van der Waals surface area contributed by atoms with Gasteiger partial charge in [0, 0.05) is 48.9 Å². The molecule has 1 N–H and O–H groups in total. The van der Waals surface area contributed by atoms with Crippen molar-refractivity contribution in [2.24, 2.45) is 0 Å². The quantitative estimate of drug-likeness (QED) is 0.275. The van der Waals surface area contributed by atoms with Crippen LogP contribution in [0.3, 0.4) is 0 Å². The van der Waals surface area contributed by atoms with Gasteiger partial charge >= 0.3 is 12.3 Å². The Bertz CT molecular complexity index is 1770. The number of carbonyl (C=O) groups is 1. The fourth-order valence-electron chi connectivity index (χ4n) is 6.21. The molecule has 252 valence electrons. The molecule has 47 heavy (non-hydrogen) atoms. The van der Waals surface area contributed by atoms with Crippen LogP contribution in [-0.2, 0) is 15.7 Å². The number of halogens is 3. The van der Waals surface area contributed by atoms with Crippen LogP contribution in [0.5, 0.6) is 5.88 Å². The average Bonchev–Trinajstić information content (AvgIpc) is 3.64. The molecule has 2 saturated heterocycles. The number of ether oxygens (including phenoxy) is 3. The molecule has 15 heteroatoms. The summed E-state index contributed by atoms with van der Waals surface area (Å²) >= 11 is 0. The summed E-state index contributed by atoms with van der Waals surface area (Å²) < 4.78 is 63.0. The topological polar surface area (TPSA) is 124 Å². The van der Waals surface area contributed by atoms with Crippen LogP contribution in [0.4, 0.5) is 23.8 Å². The summed E-state index contributed by atoms with van der Waals surface area (Å²) in [5.74, 6) is 1.02. The minimum Gasteiger partial charge on any atom is -0.481 e. The Morgan fingerprint density at radius 1 is 1.09 bits per heavy atom. The number of nitrogens with one attached hydrogen (secondary N) is 1. The summed E-state index contributed by atoms with van der Waals surface area (Å²) in [6.45, 7) is 10.8. The zero-order valence-corrected chi connectivity index (χ0v) is 27.3. The van der Waals surface area contributed by atoms with Crippen molar-refractivity contribution < 1.29 is 32.2 Å². The van der Waals surface area contributed by atoms with Gasteiger partial charge in [-0.3, -0.25) is 4.68 Å². The van der Waals surface area contributed by atoms with Crippen molar-refractivity contribution in [1.29, 1.82) is 0 Å². The minimum atomic E-state index is -4.75. The summed E-state index contributed by atoms with van der Waals surface area (Å²) in [4.78, 5) is 33.3. The lowest BCUT2D eigenvalue weighted by molar-refractivity contribution is -0.144. The van der Waals surface area contributed by atoms with Crippen molar-refractivity contribution in [1.82, 2.24) is 34.6 Å². The average molecular weight is 657 g/mol. The minimum absolute atomic E-state index is 0.0698. The maximum absolute atomic E-state index is 15.1. The van der Waals surface area contributed by atoms with Gasteiger partial charge in [0.15, 0.2) is 11.5 Å².